The van der Waals surface area contributed by atoms with Crippen molar-refractivity contribution in [2.75, 3.05) is 34.0 Å². The number of hydrogen-bond acceptors (Lipinski definition) is 2. The van der Waals surface area contributed by atoms with E-state index in [-0.39, 0.29) is 0 Å². The van der Waals surface area contributed by atoms with Crippen LogP contribution in [0.1, 0.15) is 6.92 Å². The average Bonchev–Trinajstić information content (AvgIpc) is 1.86. The lowest BCUT2D eigenvalue weighted by atomic mass is 11.0. The van der Waals surface area contributed by atoms with Crippen LogP contribution in [-0.4, -0.2) is 38.7 Å². The summed E-state index contributed by atoms with van der Waals surface area (Å²) < 4.78 is 7.57. The predicted molar refractivity (Wildman–Crippen MR) is 44.1 cm³/mol. The number of hydrogen-bond donors (Lipinski definition) is 0. The summed E-state index contributed by atoms with van der Waals surface area (Å²) in [6.45, 7) is 4.35. The zero-order valence-corrected chi connectivity index (χ0v) is 7.90. The Balaban J connectivity index is 3.92. The molecule has 0 saturated heterocycles. The molecule has 1 unspecified atom stereocenters. The second-order valence-corrected chi connectivity index (χ2v) is 6.30. The highest BCUT2D eigenvalue weighted by atomic mass is 31.2. The quantitative estimate of drug-likeness (QED) is 0.568. The highest BCUT2D eigenvalue weighted by Crippen LogP contribution is 2.56. The summed E-state index contributed by atoms with van der Waals surface area (Å²) in [5.41, 5.74) is 0. The van der Waals surface area contributed by atoms with E-state index in [0.29, 0.717) is 0 Å². The van der Waals surface area contributed by atoms with E-state index in [1.807, 2.05) is 0 Å². The van der Waals surface area contributed by atoms with Crippen LogP contribution in [0.4, 0.5) is 0 Å². The number of rotatable bonds is 3. The molecule has 0 heterocycles. The molecule has 0 aliphatic heterocycles. The molecule has 56 valence electrons. The van der Waals surface area contributed by atoms with Crippen LogP contribution in [0, 0.1) is 0 Å². The van der Waals surface area contributed by atoms with E-state index < -0.39 is 7.64 Å². The molecule has 0 amide bonds. The summed E-state index contributed by atoms with van der Waals surface area (Å²) in [6, 6.07) is 0. The summed E-state index contributed by atoms with van der Waals surface area (Å²) in [4.78, 5) is 0. The van der Waals surface area contributed by atoms with Crippen molar-refractivity contribution in [3.63, 3.8) is 0 Å². The van der Waals surface area contributed by atoms with E-state index in [4.69, 9.17) is 4.52 Å². The second kappa shape index (κ2) is 3.50. The molecule has 0 aromatic rings. The van der Waals surface area contributed by atoms with Crippen LogP contribution in [0.3, 0.4) is 0 Å². The van der Waals surface area contributed by atoms with E-state index in [1.165, 1.54) is 0 Å². The summed E-state index contributed by atoms with van der Waals surface area (Å²) in [7, 11) is 4.76. The lowest BCUT2D eigenvalue weighted by molar-refractivity contribution is 0.401. The minimum atomic E-state index is -1.17. The first kappa shape index (κ1) is 9.35. The molecule has 3 heteroatoms. The Hall–Kier alpha value is 0.350. The summed E-state index contributed by atoms with van der Waals surface area (Å²) >= 11 is 0. The van der Waals surface area contributed by atoms with Crippen molar-refractivity contribution in [3.8, 4) is 0 Å². The van der Waals surface area contributed by atoms with Crippen molar-refractivity contribution in [2.24, 2.45) is 0 Å². The molecule has 1 atom stereocenters. The lowest BCUT2D eigenvalue weighted by Gasteiger charge is -2.23. The van der Waals surface area contributed by atoms with Gasteiger partial charge in [-0.3, -0.25) is 0 Å². The molecule has 0 spiro atoms. The van der Waals surface area contributed by atoms with Crippen molar-refractivity contribution in [1.82, 2.24) is 4.67 Å². The molecule has 9 heavy (non-hydrogen) atoms. The molecule has 0 radical (unpaired) electrons. The third kappa shape index (κ3) is 2.21. The molecule has 0 aromatic carbocycles. The highest BCUT2D eigenvalue weighted by molar-refractivity contribution is 7.68. The largest absolute Gasteiger partial charge is 0.223 e. The van der Waals surface area contributed by atoms with Crippen molar-refractivity contribution >= 4 is 7.64 Å². The molecular formula is C6H17NOP+. The minimum absolute atomic E-state index is 1.12. The Morgan fingerprint density at radius 1 is 1.44 bits per heavy atom. The summed E-state index contributed by atoms with van der Waals surface area (Å²) in [6.07, 6.45) is 1.12. The standard InChI is InChI=1S/C6H17NOP/c1-6-9(5,8-4)7(2)3/h6H2,1-5H3/q+1. The highest BCUT2D eigenvalue weighted by Gasteiger charge is 2.32. The Labute approximate surface area is 58.7 Å². The van der Waals surface area contributed by atoms with E-state index >= 15 is 0 Å². The summed E-state index contributed by atoms with van der Waals surface area (Å²) in [5, 5.41) is 0. The molecular weight excluding hydrogens is 133 g/mol. The Morgan fingerprint density at radius 3 is 1.89 bits per heavy atom. The minimum Gasteiger partial charge on any atom is -0.223 e. The van der Waals surface area contributed by atoms with Crippen LogP contribution in [-0.2, 0) is 4.52 Å². The molecule has 0 aliphatic carbocycles. The second-order valence-electron chi connectivity index (χ2n) is 2.40. The normalized spacial score (nSPS) is 18.0. The van der Waals surface area contributed by atoms with Gasteiger partial charge in [-0.2, -0.15) is 4.67 Å². The molecule has 2 nitrogen and oxygen atoms in total. The first-order valence-electron chi connectivity index (χ1n) is 3.16. The molecule has 0 rings (SSSR count). The fourth-order valence-corrected chi connectivity index (χ4v) is 1.73. The summed E-state index contributed by atoms with van der Waals surface area (Å²) in [5.74, 6) is 0. The Morgan fingerprint density at radius 2 is 1.89 bits per heavy atom. The average molecular weight is 150 g/mol. The lowest BCUT2D eigenvalue weighted by Crippen LogP contribution is -2.16. The molecule has 0 fully saturated rings. The van der Waals surface area contributed by atoms with Crippen molar-refractivity contribution in [3.05, 3.63) is 0 Å². The molecule has 0 aliphatic rings. The van der Waals surface area contributed by atoms with Gasteiger partial charge in [-0.15, -0.1) is 0 Å². The molecule has 0 saturated carbocycles. The Kier molecular flexibility index (Phi) is 3.64. The fourth-order valence-electron chi connectivity index (χ4n) is 0.575. The third-order valence-electron chi connectivity index (χ3n) is 1.83. The van der Waals surface area contributed by atoms with Gasteiger partial charge in [0.2, 0.25) is 7.64 Å². The van der Waals surface area contributed by atoms with Gasteiger partial charge in [-0.05, 0) is 6.92 Å². The predicted octanol–water partition coefficient (Wildman–Crippen LogP) is 1.69. The molecule has 0 bridgehead atoms. The first-order chi connectivity index (χ1) is 4.06. The maximum atomic E-state index is 5.39. The number of nitrogens with zero attached hydrogens (tertiary/aromatic N) is 1. The topological polar surface area (TPSA) is 12.5 Å². The smallest absolute Gasteiger partial charge is 0.211 e. The van der Waals surface area contributed by atoms with Gasteiger partial charge in [0.15, 0.2) is 0 Å². The van der Waals surface area contributed by atoms with Gasteiger partial charge in [-0.25, -0.2) is 4.52 Å². The van der Waals surface area contributed by atoms with Crippen LogP contribution in [0.5, 0.6) is 0 Å². The van der Waals surface area contributed by atoms with E-state index in [2.05, 4.69) is 32.4 Å². The molecule has 0 aromatic heterocycles. The van der Waals surface area contributed by atoms with Gasteiger partial charge in [0.1, 0.15) is 0 Å². The zero-order chi connectivity index (χ0) is 7.49. The SMILES string of the molecule is CC[P+](C)(OC)N(C)C. The van der Waals surface area contributed by atoms with Crippen molar-refractivity contribution in [1.29, 1.82) is 0 Å². The van der Waals surface area contributed by atoms with Crippen LogP contribution >= 0.6 is 7.64 Å². The van der Waals surface area contributed by atoms with Gasteiger partial charge in [0.25, 0.3) is 0 Å². The van der Waals surface area contributed by atoms with Crippen LogP contribution < -0.4 is 0 Å². The van der Waals surface area contributed by atoms with Gasteiger partial charge in [-0.1, -0.05) is 0 Å². The Bertz CT molecular complexity index is 81.1. The first-order valence-corrected chi connectivity index (χ1v) is 5.45. The zero-order valence-electron chi connectivity index (χ0n) is 7.01. The van der Waals surface area contributed by atoms with E-state index in [1.54, 1.807) is 7.11 Å². The molecule has 0 N–H and O–H groups in total. The maximum Gasteiger partial charge on any atom is 0.211 e. The van der Waals surface area contributed by atoms with Gasteiger partial charge < -0.3 is 0 Å². The monoisotopic (exact) mass is 150 g/mol. The maximum absolute atomic E-state index is 5.39. The van der Waals surface area contributed by atoms with Gasteiger partial charge >= 0.3 is 0 Å². The van der Waals surface area contributed by atoms with Crippen LogP contribution in [0.2, 0.25) is 0 Å². The van der Waals surface area contributed by atoms with E-state index in [9.17, 15) is 0 Å². The fraction of sp³-hybridized carbons (Fsp3) is 1.00. The van der Waals surface area contributed by atoms with Crippen molar-refractivity contribution in [2.45, 2.75) is 6.92 Å². The van der Waals surface area contributed by atoms with E-state index in [0.717, 1.165) is 6.16 Å². The van der Waals surface area contributed by atoms with Crippen molar-refractivity contribution < 1.29 is 4.52 Å². The van der Waals surface area contributed by atoms with Crippen LogP contribution in [0.25, 0.3) is 0 Å². The third-order valence-corrected chi connectivity index (χ3v) is 5.48. The van der Waals surface area contributed by atoms with Gasteiger partial charge in [0, 0.05) is 14.1 Å². The van der Waals surface area contributed by atoms with Gasteiger partial charge in [0.05, 0.1) is 19.9 Å². The van der Waals surface area contributed by atoms with Crippen LogP contribution in [0.15, 0.2) is 0 Å².